The van der Waals surface area contributed by atoms with Crippen LogP contribution in [0.1, 0.15) is 0 Å². The van der Waals surface area contributed by atoms with Crippen LogP contribution < -0.4 is 0 Å². The van der Waals surface area contributed by atoms with Gasteiger partial charge in [-0.15, -0.1) is 0 Å². The minimum absolute atomic E-state index is 0.583. The molecule has 0 aromatic heterocycles. The zero-order chi connectivity index (χ0) is 2.99. The van der Waals surface area contributed by atoms with Crippen molar-refractivity contribution >= 4 is 0 Å². The normalized spacial score (nSPS) is 22.2. The van der Waals surface area contributed by atoms with Gasteiger partial charge < -0.3 is 0 Å². The number of hydrogen-bond donors (Lipinski definition) is 0. The van der Waals surface area contributed by atoms with Crippen molar-refractivity contribution in [3.8, 4) is 0 Å². The first-order chi connectivity index (χ1) is 1.89. The Morgan fingerprint density at radius 1 is 1.50 bits per heavy atom. The van der Waals surface area contributed by atoms with Gasteiger partial charge in [-0.05, 0) is 12.8 Å². The van der Waals surface area contributed by atoms with E-state index in [0.29, 0.717) is 5.92 Å². The van der Waals surface area contributed by atoms with Crippen molar-refractivity contribution in [3.63, 3.8) is 0 Å². The van der Waals surface area contributed by atoms with Crippen LogP contribution in [-0.4, -0.2) is 0 Å². The van der Waals surface area contributed by atoms with Crippen LogP contribution in [0.5, 0.6) is 0 Å². The van der Waals surface area contributed by atoms with E-state index < -0.39 is 0 Å². The lowest BCUT2D eigenvalue weighted by Crippen LogP contribution is -1.49. The molecule has 0 aromatic carbocycles. The van der Waals surface area contributed by atoms with Crippen LogP contribution in [0.4, 0.5) is 0 Å². The molecule has 1 aliphatic carbocycles. The Kier molecular flexibility index (Phi) is 0.185. The number of allylic oxidation sites excluding steroid dienone is 2. The van der Waals surface area contributed by atoms with Crippen molar-refractivity contribution in [2.45, 2.75) is 0 Å². The average molecular weight is 53.1 g/mol. The molecule has 0 atom stereocenters. The molecule has 0 heterocycles. The van der Waals surface area contributed by atoms with E-state index in [9.17, 15) is 0 Å². The molecule has 0 amide bonds. The second-order valence-corrected chi connectivity index (χ2v) is 1.05. The third kappa shape index (κ3) is 0.127. The molecule has 0 fully saturated rings. The van der Waals surface area contributed by atoms with Crippen molar-refractivity contribution in [1.29, 1.82) is 0 Å². The van der Waals surface area contributed by atoms with Crippen LogP contribution in [0, 0.1) is 12.8 Å². The molecule has 0 unspecified atom stereocenters. The SMILES string of the molecule is [CH2]C1C=C1. The molecule has 0 N–H and O–H groups in total. The summed E-state index contributed by atoms with van der Waals surface area (Å²) in [7, 11) is 0. The molecule has 0 saturated carbocycles. The fourth-order valence-electron chi connectivity index (χ4n) is 0.0786. The van der Waals surface area contributed by atoms with E-state index in [2.05, 4.69) is 19.1 Å². The third-order valence-corrected chi connectivity index (χ3v) is 0.465. The maximum Gasteiger partial charge on any atom is -0.00527 e. The monoisotopic (exact) mass is 53.0 g/mol. The van der Waals surface area contributed by atoms with E-state index in [1.54, 1.807) is 0 Å². The Morgan fingerprint density at radius 2 is 1.75 bits per heavy atom. The van der Waals surface area contributed by atoms with E-state index in [1.807, 2.05) is 0 Å². The second kappa shape index (κ2) is 0.369. The molecule has 1 aliphatic rings. The summed E-state index contributed by atoms with van der Waals surface area (Å²) in [6.07, 6.45) is 4.11. The van der Waals surface area contributed by atoms with Gasteiger partial charge in [0, 0.05) is 0 Å². The van der Waals surface area contributed by atoms with Gasteiger partial charge in [0.1, 0.15) is 0 Å². The van der Waals surface area contributed by atoms with Crippen LogP contribution in [0.25, 0.3) is 0 Å². The second-order valence-electron chi connectivity index (χ2n) is 1.05. The smallest absolute Gasteiger partial charge is 0.00527 e. The Hall–Kier alpha value is -0.260. The summed E-state index contributed by atoms with van der Waals surface area (Å²) in [4.78, 5) is 0. The molecule has 21 valence electrons. The number of rotatable bonds is 0. The standard InChI is InChI=1S/C4H5/c1-4-2-3-4/h2-4H,1H2. The molecule has 1 radical (unpaired) electrons. The van der Waals surface area contributed by atoms with Crippen LogP contribution in [-0.2, 0) is 0 Å². The summed E-state index contributed by atoms with van der Waals surface area (Å²) in [5.41, 5.74) is 0. The maximum absolute atomic E-state index is 3.64. The first-order valence-corrected chi connectivity index (χ1v) is 1.41. The van der Waals surface area contributed by atoms with Crippen LogP contribution in [0.3, 0.4) is 0 Å². The molecular formula is C4H5. The predicted molar refractivity (Wildman–Crippen MR) is 18.0 cm³/mol. The fraction of sp³-hybridized carbons (Fsp3) is 0.250. The quantitative estimate of drug-likeness (QED) is 0.361. The molecule has 1 rings (SSSR count). The minimum Gasteiger partial charge on any atom is -0.0810 e. The lowest BCUT2D eigenvalue weighted by molar-refractivity contribution is 1.26. The predicted octanol–water partition coefficient (Wildman–Crippen LogP) is 1.01. The summed E-state index contributed by atoms with van der Waals surface area (Å²) in [6, 6.07) is 0. The molecule has 0 heteroatoms. The highest BCUT2D eigenvalue weighted by Crippen LogP contribution is 2.11. The first-order valence-electron chi connectivity index (χ1n) is 1.41. The van der Waals surface area contributed by atoms with Crippen molar-refractivity contribution in [3.05, 3.63) is 19.1 Å². The maximum atomic E-state index is 3.64. The largest absolute Gasteiger partial charge is 0.0810 e. The Bertz CT molecular complexity index is 38.0. The van der Waals surface area contributed by atoms with E-state index in [4.69, 9.17) is 0 Å². The van der Waals surface area contributed by atoms with E-state index >= 15 is 0 Å². The third-order valence-electron chi connectivity index (χ3n) is 0.465. The average Bonchev–Trinajstić information content (AvgIpc) is 1.75. The van der Waals surface area contributed by atoms with Crippen molar-refractivity contribution < 1.29 is 0 Å². The molecule has 0 bridgehead atoms. The van der Waals surface area contributed by atoms with Gasteiger partial charge in [-0.25, -0.2) is 0 Å². The molecule has 0 spiro atoms. The lowest BCUT2D eigenvalue weighted by Gasteiger charge is -1.57. The Balaban J connectivity index is 2.32. The molecule has 4 heavy (non-hydrogen) atoms. The highest BCUT2D eigenvalue weighted by atomic mass is 14.0. The minimum atomic E-state index is 0.583. The van der Waals surface area contributed by atoms with Crippen LogP contribution in [0.15, 0.2) is 12.2 Å². The summed E-state index contributed by atoms with van der Waals surface area (Å²) in [6.45, 7) is 3.64. The summed E-state index contributed by atoms with van der Waals surface area (Å²) in [5.74, 6) is 0.583. The van der Waals surface area contributed by atoms with Gasteiger partial charge in [0.05, 0.1) is 0 Å². The van der Waals surface area contributed by atoms with Gasteiger partial charge >= 0.3 is 0 Å². The van der Waals surface area contributed by atoms with Gasteiger partial charge in [-0.3, -0.25) is 0 Å². The van der Waals surface area contributed by atoms with Crippen LogP contribution >= 0.6 is 0 Å². The number of hydrogen-bond acceptors (Lipinski definition) is 0. The molecular weight excluding hydrogens is 48.0 g/mol. The summed E-state index contributed by atoms with van der Waals surface area (Å²) >= 11 is 0. The van der Waals surface area contributed by atoms with Crippen molar-refractivity contribution in [1.82, 2.24) is 0 Å². The van der Waals surface area contributed by atoms with Gasteiger partial charge in [0.2, 0.25) is 0 Å². The first kappa shape index (κ1) is 2.01. The van der Waals surface area contributed by atoms with Gasteiger partial charge in [-0.2, -0.15) is 0 Å². The molecule has 0 nitrogen and oxygen atoms in total. The summed E-state index contributed by atoms with van der Waals surface area (Å²) < 4.78 is 0. The molecule has 0 aliphatic heterocycles. The van der Waals surface area contributed by atoms with E-state index in [0.717, 1.165) is 0 Å². The fourth-order valence-corrected chi connectivity index (χ4v) is 0.0786. The van der Waals surface area contributed by atoms with E-state index in [-0.39, 0.29) is 0 Å². The Labute approximate surface area is 26.1 Å². The highest BCUT2D eigenvalue weighted by Gasteiger charge is 1.97. The van der Waals surface area contributed by atoms with Gasteiger partial charge in [0.15, 0.2) is 0 Å². The zero-order valence-corrected chi connectivity index (χ0v) is 2.44. The van der Waals surface area contributed by atoms with Crippen molar-refractivity contribution in [2.75, 3.05) is 0 Å². The lowest BCUT2D eigenvalue weighted by atomic mass is 10.5. The van der Waals surface area contributed by atoms with Crippen molar-refractivity contribution in [2.24, 2.45) is 5.92 Å². The zero-order valence-electron chi connectivity index (χ0n) is 2.44. The summed E-state index contributed by atoms with van der Waals surface area (Å²) in [5, 5.41) is 0. The Morgan fingerprint density at radius 3 is 1.75 bits per heavy atom. The van der Waals surface area contributed by atoms with Gasteiger partial charge in [-0.1, -0.05) is 12.2 Å². The molecule has 0 aromatic rings. The van der Waals surface area contributed by atoms with Gasteiger partial charge in [0.25, 0.3) is 0 Å². The highest BCUT2D eigenvalue weighted by molar-refractivity contribution is 5.14. The van der Waals surface area contributed by atoms with Crippen LogP contribution in [0.2, 0.25) is 0 Å². The van der Waals surface area contributed by atoms with E-state index in [1.165, 1.54) is 0 Å². The molecule has 0 saturated heterocycles. The topological polar surface area (TPSA) is 0 Å².